The first-order valence-corrected chi connectivity index (χ1v) is 12.3. The number of rotatable bonds is 10. The van der Waals surface area contributed by atoms with Gasteiger partial charge < -0.3 is 14.4 Å². The van der Waals surface area contributed by atoms with Crippen LogP contribution < -0.4 is 4.74 Å². The van der Waals surface area contributed by atoms with Crippen molar-refractivity contribution in [3.8, 4) is 17.0 Å². The molecule has 0 saturated carbocycles. The maximum absolute atomic E-state index is 13.4. The van der Waals surface area contributed by atoms with Gasteiger partial charge in [-0.3, -0.25) is 9.48 Å². The van der Waals surface area contributed by atoms with E-state index < -0.39 is 0 Å². The Hall–Kier alpha value is -3.42. The van der Waals surface area contributed by atoms with Crippen LogP contribution >= 0.6 is 11.6 Å². The quantitative estimate of drug-likeness (QED) is 0.286. The summed E-state index contributed by atoms with van der Waals surface area (Å²) in [6.07, 6.45) is 0.340. The minimum Gasteiger partial charge on any atom is -0.496 e. The van der Waals surface area contributed by atoms with E-state index >= 15 is 0 Å². The molecule has 2 aromatic carbocycles. The van der Waals surface area contributed by atoms with Crippen LogP contribution in [0.3, 0.4) is 0 Å². The molecule has 4 rings (SSSR count). The number of aryl methyl sites for hydroxylation is 3. The number of benzene rings is 2. The van der Waals surface area contributed by atoms with Crippen molar-refractivity contribution < 1.29 is 14.3 Å². The zero-order valence-corrected chi connectivity index (χ0v) is 21.9. The van der Waals surface area contributed by atoms with Crippen LogP contribution in [0.1, 0.15) is 23.4 Å². The Morgan fingerprint density at radius 2 is 1.89 bits per heavy atom. The maximum atomic E-state index is 13.4. The molecule has 36 heavy (non-hydrogen) atoms. The van der Waals surface area contributed by atoms with E-state index in [2.05, 4.69) is 11.2 Å². The zero-order valence-electron chi connectivity index (χ0n) is 21.1. The molecule has 0 aliphatic rings. The Balaban J connectivity index is 1.70. The Bertz CT molecular complexity index is 1370. The summed E-state index contributed by atoms with van der Waals surface area (Å²) in [6, 6.07) is 17.5. The number of carbonyl (C=O) groups excluding carboxylic acids is 1. The number of amides is 1. The molecular formula is C28H31ClN4O3. The SMILES string of the molecule is COCCN(Cc1cc2ccc(Cl)cc2nc1-c1ccccc1OC)C(=O)CCn1nc(C)cc1C. The second-order valence-corrected chi connectivity index (χ2v) is 9.18. The molecule has 0 saturated heterocycles. The van der Waals surface area contributed by atoms with E-state index in [9.17, 15) is 4.79 Å². The molecule has 188 valence electrons. The monoisotopic (exact) mass is 506 g/mol. The van der Waals surface area contributed by atoms with E-state index in [1.165, 1.54) is 0 Å². The number of hydrogen-bond donors (Lipinski definition) is 0. The highest BCUT2D eigenvalue weighted by atomic mass is 35.5. The summed E-state index contributed by atoms with van der Waals surface area (Å²) in [5, 5.41) is 6.06. The van der Waals surface area contributed by atoms with E-state index in [1.54, 1.807) is 14.2 Å². The van der Waals surface area contributed by atoms with Gasteiger partial charge in [-0.25, -0.2) is 4.98 Å². The van der Waals surface area contributed by atoms with Crippen LogP contribution in [0.25, 0.3) is 22.2 Å². The second-order valence-electron chi connectivity index (χ2n) is 8.74. The summed E-state index contributed by atoms with van der Waals surface area (Å²) in [4.78, 5) is 20.2. The fourth-order valence-electron chi connectivity index (χ4n) is 4.34. The molecule has 2 heterocycles. The molecule has 7 nitrogen and oxygen atoms in total. The molecule has 0 unspecified atom stereocenters. The van der Waals surface area contributed by atoms with Crippen LogP contribution in [0, 0.1) is 13.8 Å². The van der Waals surface area contributed by atoms with Gasteiger partial charge in [0.15, 0.2) is 0 Å². The largest absolute Gasteiger partial charge is 0.496 e. The minimum atomic E-state index is 0.0294. The highest BCUT2D eigenvalue weighted by molar-refractivity contribution is 6.31. The summed E-state index contributed by atoms with van der Waals surface area (Å²) >= 11 is 6.26. The molecule has 0 radical (unpaired) electrons. The topological polar surface area (TPSA) is 69.5 Å². The molecule has 0 fully saturated rings. The summed E-state index contributed by atoms with van der Waals surface area (Å²) in [7, 11) is 3.28. The number of ether oxygens (including phenoxy) is 2. The lowest BCUT2D eigenvalue weighted by Gasteiger charge is -2.24. The van der Waals surface area contributed by atoms with E-state index in [1.807, 2.05) is 72.0 Å². The number of halogens is 1. The van der Waals surface area contributed by atoms with Gasteiger partial charge in [0.1, 0.15) is 5.75 Å². The fourth-order valence-corrected chi connectivity index (χ4v) is 4.50. The smallest absolute Gasteiger partial charge is 0.224 e. The van der Waals surface area contributed by atoms with Crippen LogP contribution in [-0.4, -0.2) is 52.9 Å². The molecule has 0 N–H and O–H groups in total. The Morgan fingerprint density at radius 3 is 2.61 bits per heavy atom. The maximum Gasteiger partial charge on any atom is 0.224 e. The number of hydrogen-bond acceptors (Lipinski definition) is 5. The Kier molecular flexibility index (Phi) is 8.23. The van der Waals surface area contributed by atoms with Crippen LogP contribution in [0.2, 0.25) is 5.02 Å². The van der Waals surface area contributed by atoms with E-state index in [0.29, 0.717) is 43.4 Å². The second kappa shape index (κ2) is 11.5. The van der Waals surface area contributed by atoms with Gasteiger partial charge >= 0.3 is 0 Å². The number of pyridine rings is 1. The molecular weight excluding hydrogens is 476 g/mol. The number of methoxy groups -OCH3 is 2. The van der Waals surface area contributed by atoms with Crippen molar-refractivity contribution in [1.82, 2.24) is 19.7 Å². The van der Waals surface area contributed by atoms with Crippen LogP contribution in [0.5, 0.6) is 5.75 Å². The molecule has 4 aromatic rings. The Labute approximate surface area is 216 Å². The lowest BCUT2D eigenvalue weighted by atomic mass is 10.0. The number of para-hydroxylation sites is 1. The summed E-state index contributed by atoms with van der Waals surface area (Å²) in [6.45, 7) is 5.77. The van der Waals surface area contributed by atoms with Gasteiger partial charge in [0.2, 0.25) is 5.91 Å². The molecule has 0 atom stereocenters. The van der Waals surface area contributed by atoms with Crippen molar-refractivity contribution in [2.45, 2.75) is 33.4 Å². The normalized spacial score (nSPS) is 11.1. The van der Waals surface area contributed by atoms with Crippen molar-refractivity contribution >= 4 is 28.4 Å². The van der Waals surface area contributed by atoms with E-state index in [4.69, 9.17) is 26.1 Å². The number of fused-ring (bicyclic) bond motifs is 1. The average molecular weight is 507 g/mol. The molecule has 0 aliphatic heterocycles. The predicted molar refractivity (Wildman–Crippen MR) is 142 cm³/mol. The first kappa shape index (κ1) is 25.7. The highest BCUT2D eigenvalue weighted by Gasteiger charge is 2.20. The van der Waals surface area contributed by atoms with Gasteiger partial charge in [0, 0.05) is 54.8 Å². The third kappa shape index (κ3) is 5.86. The standard InChI is InChI=1S/C28H31ClN4O3/c1-19-15-20(2)33(31-19)12-11-27(34)32(13-14-35-3)18-22-16-21-9-10-23(29)17-25(21)30-28(22)24-7-5-6-8-26(24)36-4/h5-10,15-17H,11-14,18H2,1-4H3. The average Bonchev–Trinajstić information content (AvgIpc) is 3.21. The lowest BCUT2D eigenvalue weighted by molar-refractivity contribution is -0.132. The van der Waals surface area contributed by atoms with Crippen LogP contribution in [-0.2, 0) is 22.6 Å². The van der Waals surface area contributed by atoms with Gasteiger partial charge in [-0.1, -0.05) is 29.8 Å². The molecule has 2 aromatic heterocycles. The summed E-state index contributed by atoms with van der Waals surface area (Å²) in [5.74, 6) is 0.744. The third-order valence-electron chi connectivity index (χ3n) is 6.14. The van der Waals surface area contributed by atoms with Crippen LogP contribution in [0.4, 0.5) is 0 Å². The number of nitrogens with zero attached hydrogens (tertiary/aromatic N) is 4. The lowest BCUT2D eigenvalue weighted by Crippen LogP contribution is -2.34. The first-order chi connectivity index (χ1) is 17.4. The van der Waals surface area contributed by atoms with Gasteiger partial charge in [0.25, 0.3) is 0 Å². The van der Waals surface area contributed by atoms with Crippen molar-refractivity contribution in [3.05, 3.63) is 76.6 Å². The van der Waals surface area contributed by atoms with Crippen molar-refractivity contribution in [3.63, 3.8) is 0 Å². The van der Waals surface area contributed by atoms with Crippen molar-refractivity contribution in [2.75, 3.05) is 27.4 Å². The van der Waals surface area contributed by atoms with E-state index in [-0.39, 0.29) is 5.91 Å². The number of carbonyl (C=O) groups is 1. The summed E-state index contributed by atoms with van der Waals surface area (Å²) < 4.78 is 12.8. The Morgan fingerprint density at radius 1 is 1.08 bits per heavy atom. The molecule has 8 heteroatoms. The molecule has 0 spiro atoms. The minimum absolute atomic E-state index is 0.0294. The molecule has 0 aliphatic carbocycles. The predicted octanol–water partition coefficient (Wildman–Crippen LogP) is 5.44. The zero-order chi connectivity index (χ0) is 25.7. The molecule has 0 bridgehead atoms. The van der Waals surface area contributed by atoms with E-state index in [0.717, 1.165) is 39.1 Å². The van der Waals surface area contributed by atoms with Gasteiger partial charge in [-0.15, -0.1) is 0 Å². The van der Waals surface area contributed by atoms with Gasteiger partial charge in [-0.05, 0) is 55.8 Å². The molecule has 1 amide bonds. The van der Waals surface area contributed by atoms with Crippen molar-refractivity contribution in [2.24, 2.45) is 0 Å². The van der Waals surface area contributed by atoms with Gasteiger partial charge in [0.05, 0.1) is 30.6 Å². The van der Waals surface area contributed by atoms with Crippen LogP contribution in [0.15, 0.2) is 54.6 Å². The van der Waals surface area contributed by atoms with Crippen molar-refractivity contribution in [1.29, 1.82) is 0 Å². The third-order valence-corrected chi connectivity index (χ3v) is 6.38. The number of aromatic nitrogens is 3. The first-order valence-electron chi connectivity index (χ1n) is 11.9. The highest BCUT2D eigenvalue weighted by Crippen LogP contribution is 2.34. The van der Waals surface area contributed by atoms with Gasteiger partial charge in [-0.2, -0.15) is 5.10 Å². The fraction of sp³-hybridized carbons (Fsp3) is 0.321. The summed E-state index contributed by atoms with van der Waals surface area (Å²) in [5.41, 5.74) is 5.31.